The van der Waals surface area contributed by atoms with Gasteiger partial charge >= 0.3 is 0 Å². The Kier molecular flexibility index (Phi) is 9.19. The number of nitrogens with two attached hydrogens (primary N) is 1. The summed E-state index contributed by atoms with van der Waals surface area (Å²) < 4.78 is 1.07. The summed E-state index contributed by atoms with van der Waals surface area (Å²) in [6, 6.07) is 6.45. The van der Waals surface area contributed by atoms with Crippen molar-refractivity contribution < 1.29 is 5.11 Å². The Hall–Kier alpha value is -1.88. The Morgan fingerprint density at radius 2 is 2.23 bits per heavy atom. The Labute approximate surface area is 190 Å². The number of nitrogens with zero attached hydrogens (tertiary/aromatic N) is 1. The minimum Gasteiger partial charge on any atom is -0.396 e. The van der Waals surface area contributed by atoms with E-state index in [-0.39, 0.29) is 6.61 Å². The average Bonchev–Trinajstić information content (AvgIpc) is 3.41. The van der Waals surface area contributed by atoms with E-state index in [1.54, 1.807) is 22.7 Å². The third-order valence-corrected chi connectivity index (χ3v) is 6.59. The van der Waals surface area contributed by atoms with Crippen LogP contribution in [0.5, 0.6) is 0 Å². The maximum atomic E-state index is 8.80. The number of unbranched alkanes of at least 4 members (excludes halogenated alkanes) is 1. The second-order valence-corrected chi connectivity index (χ2v) is 9.23. The van der Waals surface area contributed by atoms with Crippen LogP contribution in [0, 0.1) is 11.8 Å². The van der Waals surface area contributed by atoms with Gasteiger partial charge in [-0.05, 0) is 37.1 Å². The van der Waals surface area contributed by atoms with Gasteiger partial charge in [-0.3, -0.25) is 0 Å². The molecule has 1 aliphatic rings. The van der Waals surface area contributed by atoms with E-state index in [4.69, 9.17) is 22.4 Å². The molecule has 4 nitrogen and oxygen atoms in total. The molecular formula is C23H26ClN3OS2. The van der Waals surface area contributed by atoms with Gasteiger partial charge in [-0.15, -0.1) is 22.7 Å². The number of thiophene rings is 2. The Morgan fingerprint density at radius 1 is 1.33 bits per heavy atom. The quantitative estimate of drug-likeness (QED) is 0.195. The molecule has 4 rings (SSSR count). The number of hydrogen-bond donors (Lipinski definition) is 3. The second-order valence-electron chi connectivity index (χ2n) is 6.93. The molecule has 0 saturated carbocycles. The smallest absolute Gasteiger partial charge is 0.131 e. The molecule has 3 aromatic heterocycles. The van der Waals surface area contributed by atoms with Crippen molar-refractivity contribution in [2.75, 3.05) is 11.9 Å². The van der Waals surface area contributed by atoms with E-state index < -0.39 is 0 Å². The number of aromatic nitrogens is 1. The number of hydrogen-bond acceptors (Lipinski definition) is 6. The molecule has 0 aliphatic heterocycles. The van der Waals surface area contributed by atoms with E-state index in [9.17, 15) is 0 Å². The van der Waals surface area contributed by atoms with Gasteiger partial charge in [-0.25, -0.2) is 4.98 Å². The molecular weight excluding hydrogens is 434 g/mol. The molecule has 0 radical (unpaired) electrons. The van der Waals surface area contributed by atoms with Crippen LogP contribution in [0.25, 0.3) is 10.2 Å². The minimum absolute atomic E-state index is 0.167. The molecule has 3 aromatic rings. The summed E-state index contributed by atoms with van der Waals surface area (Å²) in [5, 5.41) is 16.8. The summed E-state index contributed by atoms with van der Waals surface area (Å²) in [5.74, 6) is 6.20. The van der Waals surface area contributed by atoms with E-state index in [2.05, 4.69) is 45.7 Å². The summed E-state index contributed by atoms with van der Waals surface area (Å²) in [7, 11) is 0. The van der Waals surface area contributed by atoms with Gasteiger partial charge in [-0.1, -0.05) is 41.7 Å². The largest absolute Gasteiger partial charge is 0.396 e. The summed E-state index contributed by atoms with van der Waals surface area (Å²) in [6.45, 7) is 0.933. The number of allylic oxidation sites excluding steroid dienone is 1. The maximum absolute atomic E-state index is 8.80. The van der Waals surface area contributed by atoms with E-state index in [1.807, 2.05) is 17.5 Å². The number of anilines is 1. The Morgan fingerprint density at radius 3 is 2.90 bits per heavy atom. The molecule has 3 heterocycles. The van der Waals surface area contributed by atoms with E-state index in [0.717, 1.165) is 34.4 Å². The van der Waals surface area contributed by atoms with Crippen molar-refractivity contribution in [1.82, 2.24) is 4.98 Å². The van der Waals surface area contributed by atoms with Crippen LogP contribution in [-0.2, 0) is 6.54 Å². The zero-order valence-corrected chi connectivity index (χ0v) is 19.1. The first kappa shape index (κ1) is 22.8. The van der Waals surface area contributed by atoms with Crippen molar-refractivity contribution in [3.05, 3.63) is 56.7 Å². The van der Waals surface area contributed by atoms with Crippen LogP contribution in [-0.4, -0.2) is 22.7 Å². The van der Waals surface area contributed by atoms with Gasteiger partial charge in [0.25, 0.3) is 0 Å². The fourth-order valence-electron chi connectivity index (χ4n) is 2.94. The van der Waals surface area contributed by atoms with E-state index in [1.165, 1.54) is 17.7 Å². The first-order valence-corrected chi connectivity index (χ1v) is 12.2. The maximum Gasteiger partial charge on any atom is 0.131 e. The van der Waals surface area contributed by atoms with Crippen molar-refractivity contribution in [2.45, 2.75) is 44.7 Å². The normalized spacial score (nSPS) is 15.2. The van der Waals surface area contributed by atoms with Gasteiger partial charge in [-0.2, -0.15) is 0 Å². The highest BCUT2D eigenvalue weighted by Gasteiger charge is 2.10. The second kappa shape index (κ2) is 12.1. The lowest BCUT2D eigenvalue weighted by Gasteiger charge is -2.09. The van der Waals surface area contributed by atoms with Crippen LogP contribution in [0.2, 0.25) is 5.15 Å². The SMILES string of the molecule is NC1CC=CCC1.OCCCC#Cc1csc2c(NCc3cccs3)cc(Cl)nc12. The summed E-state index contributed by atoms with van der Waals surface area (Å²) in [4.78, 5) is 5.70. The molecule has 1 unspecified atom stereocenters. The fraction of sp³-hybridized carbons (Fsp3) is 0.348. The molecule has 1 atom stereocenters. The Balaban J connectivity index is 0.000000310. The predicted octanol–water partition coefficient (Wildman–Crippen LogP) is 5.80. The zero-order valence-electron chi connectivity index (χ0n) is 16.7. The summed E-state index contributed by atoms with van der Waals surface area (Å²) in [6.07, 6.45) is 9.17. The molecule has 7 heteroatoms. The number of halogens is 1. The fourth-order valence-corrected chi connectivity index (χ4v) is 4.70. The van der Waals surface area contributed by atoms with Crippen molar-refractivity contribution in [1.29, 1.82) is 0 Å². The van der Waals surface area contributed by atoms with Crippen LogP contribution in [0.4, 0.5) is 5.69 Å². The van der Waals surface area contributed by atoms with Gasteiger partial charge in [0.2, 0.25) is 0 Å². The lowest BCUT2D eigenvalue weighted by molar-refractivity contribution is 0.290. The van der Waals surface area contributed by atoms with Gasteiger partial charge in [0.05, 0.1) is 16.0 Å². The van der Waals surface area contributed by atoms with Gasteiger partial charge in [0.15, 0.2) is 0 Å². The van der Waals surface area contributed by atoms with Crippen molar-refractivity contribution in [3.63, 3.8) is 0 Å². The molecule has 0 aromatic carbocycles. The highest BCUT2D eigenvalue weighted by Crippen LogP contribution is 2.33. The number of aliphatic hydroxyl groups is 1. The molecule has 1 aliphatic carbocycles. The summed E-state index contributed by atoms with van der Waals surface area (Å²) >= 11 is 9.51. The van der Waals surface area contributed by atoms with Crippen LogP contribution >= 0.6 is 34.3 Å². The highest BCUT2D eigenvalue weighted by molar-refractivity contribution is 7.18. The van der Waals surface area contributed by atoms with Crippen LogP contribution in [0.1, 0.15) is 42.5 Å². The third-order valence-electron chi connectivity index (χ3n) is 4.52. The molecule has 30 heavy (non-hydrogen) atoms. The van der Waals surface area contributed by atoms with E-state index >= 15 is 0 Å². The van der Waals surface area contributed by atoms with Crippen molar-refractivity contribution in [2.24, 2.45) is 5.73 Å². The number of fused-ring (bicyclic) bond motifs is 1. The Bertz CT molecular complexity index is 1020. The van der Waals surface area contributed by atoms with E-state index in [0.29, 0.717) is 24.0 Å². The molecule has 0 amide bonds. The third kappa shape index (κ3) is 6.83. The topological polar surface area (TPSA) is 71.2 Å². The molecule has 158 valence electrons. The van der Waals surface area contributed by atoms with Crippen LogP contribution < -0.4 is 11.1 Å². The first-order valence-electron chi connectivity index (χ1n) is 10.0. The molecule has 4 N–H and O–H groups in total. The van der Waals surface area contributed by atoms with Crippen molar-refractivity contribution >= 4 is 50.2 Å². The molecule has 0 fully saturated rings. The number of rotatable bonds is 5. The van der Waals surface area contributed by atoms with Gasteiger partial charge in [0, 0.05) is 41.9 Å². The molecule has 0 spiro atoms. The predicted molar refractivity (Wildman–Crippen MR) is 130 cm³/mol. The van der Waals surface area contributed by atoms with Gasteiger partial charge in [0.1, 0.15) is 10.7 Å². The van der Waals surface area contributed by atoms with Crippen LogP contribution in [0.3, 0.4) is 0 Å². The lowest BCUT2D eigenvalue weighted by Crippen LogP contribution is -2.19. The van der Waals surface area contributed by atoms with Crippen LogP contribution in [0.15, 0.2) is 41.1 Å². The standard InChI is InChI=1S/C17H15ClN2OS2.C6H11N/c18-15-9-14(19-10-13-6-4-8-22-13)17-16(20-15)12(11-23-17)5-2-1-3-7-21;7-6-4-2-1-3-5-6/h4,6,8-9,11,21H,1,3,7,10H2,(H,19,20);1-2,6H,3-5,7H2. The number of pyridine rings is 1. The number of nitrogens with one attached hydrogen (secondary N) is 1. The first-order chi connectivity index (χ1) is 14.7. The minimum atomic E-state index is 0.167. The highest BCUT2D eigenvalue weighted by atomic mass is 35.5. The lowest BCUT2D eigenvalue weighted by atomic mass is 10.0. The zero-order chi connectivity index (χ0) is 21.2. The average molecular weight is 460 g/mol. The molecule has 0 saturated heterocycles. The molecule has 0 bridgehead atoms. The van der Waals surface area contributed by atoms with Crippen molar-refractivity contribution in [3.8, 4) is 11.8 Å². The van der Waals surface area contributed by atoms with Gasteiger partial charge < -0.3 is 16.2 Å². The summed E-state index contributed by atoms with van der Waals surface area (Å²) in [5.41, 5.74) is 8.30. The monoisotopic (exact) mass is 459 g/mol. The number of aliphatic hydroxyl groups excluding tert-OH is 1.